The van der Waals surface area contributed by atoms with Crippen LogP contribution < -0.4 is 10.5 Å². The van der Waals surface area contributed by atoms with E-state index >= 15 is 0 Å². The summed E-state index contributed by atoms with van der Waals surface area (Å²) in [7, 11) is 0. The summed E-state index contributed by atoms with van der Waals surface area (Å²) in [5.74, 6) is 0.862. The van der Waals surface area contributed by atoms with Gasteiger partial charge in [0.05, 0.1) is 4.47 Å². The number of rotatable bonds is 4. The number of hydrogen-bond acceptors (Lipinski definition) is 2. The van der Waals surface area contributed by atoms with Gasteiger partial charge in [-0.1, -0.05) is 37.3 Å². The van der Waals surface area contributed by atoms with E-state index in [0.29, 0.717) is 6.54 Å². The molecule has 1 unspecified atom stereocenters. The van der Waals surface area contributed by atoms with Gasteiger partial charge in [-0.3, -0.25) is 0 Å². The van der Waals surface area contributed by atoms with Crippen LogP contribution in [0.4, 0.5) is 0 Å². The Morgan fingerprint density at radius 1 is 1.24 bits per heavy atom. The van der Waals surface area contributed by atoms with Crippen LogP contribution in [0.15, 0.2) is 40.9 Å². The van der Waals surface area contributed by atoms with Gasteiger partial charge in [0, 0.05) is 6.54 Å². The fraction of sp³-hybridized carbons (Fsp3) is 0.286. The van der Waals surface area contributed by atoms with E-state index in [1.165, 1.54) is 5.39 Å². The van der Waals surface area contributed by atoms with Gasteiger partial charge in [0.15, 0.2) is 0 Å². The Labute approximate surface area is 110 Å². The second-order valence-corrected chi connectivity index (χ2v) is 4.78. The van der Waals surface area contributed by atoms with E-state index in [9.17, 15) is 0 Å². The lowest BCUT2D eigenvalue weighted by atomic mass is 10.1. The van der Waals surface area contributed by atoms with Gasteiger partial charge >= 0.3 is 0 Å². The van der Waals surface area contributed by atoms with Gasteiger partial charge < -0.3 is 10.5 Å². The highest BCUT2D eigenvalue weighted by molar-refractivity contribution is 9.10. The maximum absolute atomic E-state index is 5.88. The molecule has 0 heterocycles. The monoisotopic (exact) mass is 293 g/mol. The van der Waals surface area contributed by atoms with Crippen LogP contribution >= 0.6 is 15.9 Å². The first kappa shape index (κ1) is 12.4. The first-order chi connectivity index (χ1) is 8.26. The molecular weight excluding hydrogens is 278 g/mol. The molecule has 2 N–H and O–H groups in total. The highest BCUT2D eigenvalue weighted by Crippen LogP contribution is 2.33. The molecule has 2 rings (SSSR count). The minimum absolute atomic E-state index is 0.0764. The van der Waals surface area contributed by atoms with Gasteiger partial charge in [-0.15, -0.1) is 0 Å². The number of halogens is 1. The Balaban J connectivity index is 2.38. The Morgan fingerprint density at radius 2 is 2.00 bits per heavy atom. The molecule has 2 aromatic rings. The fourth-order valence-corrected chi connectivity index (χ4v) is 2.37. The van der Waals surface area contributed by atoms with Crippen molar-refractivity contribution in [2.45, 2.75) is 19.4 Å². The van der Waals surface area contributed by atoms with Crippen molar-refractivity contribution in [3.8, 4) is 5.75 Å². The molecule has 0 saturated carbocycles. The molecule has 0 fully saturated rings. The van der Waals surface area contributed by atoms with Crippen molar-refractivity contribution in [3.05, 3.63) is 40.9 Å². The maximum atomic E-state index is 5.88. The van der Waals surface area contributed by atoms with Crippen LogP contribution in [0.5, 0.6) is 5.75 Å². The average molecular weight is 294 g/mol. The lowest BCUT2D eigenvalue weighted by Crippen LogP contribution is -2.25. The molecule has 90 valence electrons. The van der Waals surface area contributed by atoms with Crippen molar-refractivity contribution in [2.24, 2.45) is 5.73 Å². The van der Waals surface area contributed by atoms with Crippen molar-refractivity contribution < 1.29 is 4.74 Å². The van der Waals surface area contributed by atoms with E-state index in [1.807, 2.05) is 18.2 Å². The quantitative estimate of drug-likeness (QED) is 0.932. The Hall–Kier alpha value is -1.06. The molecule has 0 aliphatic rings. The van der Waals surface area contributed by atoms with Crippen molar-refractivity contribution >= 4 is 26.7 Å². The normalized spacial score (nSPS) is 12.6. The predicted octanol–water partition coefficient (Wildman–Crippen LogP) is 3.72. The van der Waals surface area contributed by atoms with E-state index in [4.69, 9.17) is 10.5 Å². The zero-order chi connectivity index (χ0) is 12.3. The van der Waals surface area contributed by atoms with Crippen LogP contribution in [-0.2, 0) is 0 Å². The zero-order valence-corrected chi connectivity index (χ0v) is 11.4. The highest BCUT2D eigenvalue weighted by atomic mass is 79.9. The van der Waals surface area contributed by atoms with E-state index in [0.717, 1.165) is 22.0 Å². The maximum Gasteiger partial charge on any atom is 0.134 e. The molecule has 1 atom stereocenters. The third-order valence-corrected chi connectivity index (χ3v) is 3.66. The van der Waals surface area contributed by atoms with Gasteiger partial charge in [-0.05, 0) is 39.2 Å². The summed E-state index contributed by atoms with van der Waals surface area (Å²) in [6, 6.07) is 12.3. The number of nitrogens with two attached hydrogens (primary N) is 1. The van der Waals surface area contributed by atoms with Gasteiger partial charge in [0.2, 0.25) is 0 Å². The Morgan fingerprint density at radius 3 is 2.71 bits per heavy atom. The van der Waals surface area contributed by atoms with Crippen LogP contribution in [0.3, 0.4) is 0 Å². The third kappa shape index (κ3) is 2.61. The van der Waals surface area contributed by atoms with E-state index in [2.05, 4.69) is 41.1 Å². The summed E-state index contributed by atoms with van der Waals surface area (Å²) < 4.78 is 6.88. The van der Waals surface area contributed by atoms with Crippen LogP contribution in [0.25, 0.3) is 10.8 Å². The smallest absolute Gasteiger partial charge is 0.134 e. The van der Waals surface area contributed by atoms with Gasteiger partial charge in [-0.2, -0.15) is 0 Å². The molecule has 0 aliphatic heterocycles. The van der Waals surface area contributed by atoms with Gasteiger partial charge in [0.1, 0.15) is 11.9 Å². The average Bonchev–Trinajstić information content (AvgIpc) is 2.38. The summed E-state index contributed by atoms with van der Waals surface area (Å²) >= 11 is 3.60. The number of benzene rings is 2. The molecule has 0 radical (unpaired) electrons. The SMILES string of the molecule is CCC(CN)Oc1ccc2ccccc2c1Br. The molecule has 0 saturated heterocycles. The molecule has 0 bridgehead atoms. The van der Waals surface area contributed by atoms with E-state index in [-0.39, 0.29) is 6.10 Å². The summed E-state index contributed by atoms with van der Waals surface area (Å²) in [5, 5.41) is 2.37. The first-order valence-electron chi connectivity index (χ1n) is 5.80. The number of hydrogen-bond donors (Lipinski definition) is 1. The molecule has 0 spiro atoms. The minimum Gasteiger partial charge on any atom is -0.488 e. The van der Waals surface area contributed by atoms with Crippen molar-refractivity contribution in [3.63, 3.8) is 0 Å². The van der Waals surface area contributed by atoms with E-state index < -0.39 is 0 Å². The summed E-state index contributed by atoms with van der Waals surface area (Å²) in [5.41, 5.74) is 5.65. The molecule has 0 aliphatic carbocycles. The van der Waals surface area contributed by atoms with Gasteiger partial charge in [-0.25, -0.2) is 0 Å². The van der Waals surface area contributed by atoms with Gasteiger partial charge in [0.25, 0.3) is 0 Å². The summed E-state index contributed by atoms with van der Waals surface area (Å²) in [6.45, 7) is 2.61. The topological polar surface area (TPSA) is 35.2 Å². The van der Waals surface area contributed by atoms with Crippen LogP contribution in [0, 0.1) is 0 Å². The van der Waals surface area contributed by atoms with Crippen LogP contribution in [0.2, 0.25) is 0 Å². The minimum atomic E-state index is 0.0764. The molecule has 3 heteroatoms. The molecule has 0 amide bonds. The summed E-state index contributed by atoms with van der Waals surface area (Å²) in [4.78, 5) is 0. The van der Waals surface area contributed by atoms with Crippen molar-refractivity contribution in [2.75, 3.05) is 6.54 Å². The lowest BCUT2D eigenvalue weighted by molar-refractivity contribution is 0.204. The second-order valence-electron chi connectivity index (χ2n) is 3.98. The molecule has 17 heavy (non-hydrogen) atoms. The first-order valence-corrected chi connectivity index (χ1v) is 6.59. The third-order valence-electron chi connectivity index (χ3n) is 2.84. The summed E-state index contributed by atoms with van der Waals surface area (Å²) in [6.07, 6.45) is 0.989. The zero-order valence-electron chi connectivity index (χ0n) is 9.82. The largest absolute Gasteiger partial charge is 0.488 e. The van der Waals surface area contributed by atoms with Crippen molar-refractivity contribution in [1.29, 1.82) is 0 Å². The van der Waals surface area contributed by atoms with E-state index in [1.54, 1.807) is 0 Å². The van der Waals surface area contributed by atoms with Crippen LogP contribution in [0.1, 0.15) is 13.3 Å². The molecule has 2 aromatic carbocycles. The fourth-order valence-electron chi connectivity index (χ4n) is 1.78. The Bertz CT molecular complexity index is 509. The Kier molecular flexibility index (Phi) is 4.02. The molecule has 2 nitrogen and oxygen atoms in total. The van der Waals surface area contributed by atoms with Crippen molar-refractivity contribution in [1.82, 2.24) is 0 Å². The lowest BCUT2D eigenvalue weighted by Gasteiger charge is -2.17. The standard InChI is InChI=1S/C14H16BrNO/c1-2-11(9-16)17-13-8-7-10-5-3-4-6-12(10)14(13)15/h3-8,11H,2,9,16H2,1H3. The molecule has 0 aromatic heterocycles. The second kappa shape index (κ2) is 5.52. The highest BCUT2D eigenvalue weighted by Gasteiger charge is 2.10. The number of fused-ring (bicyclic) bond motifs is 1. The number of ether oxygens (including phenoxy) is 1. The molecular formula is C14H16BrNO. The van der Waals surface area contributed by atoms with Crippen LogP contribution in [-0.4, -0.2) is 12.6 Å². The predicted molar refractivity (Wildman–Crippen MR) is 75.4 cm³/mol.